The molecule has 0 saturated heterocycles. The molecule has 21 heavy (non-hydrogen) atoms. The third kappa shape index (κ3) is 2.62. The Balaban J connectivity index is 1.96. The van der Waals surface area contributed by atoms with Crippen LogP contribution in [0.25, 0.3) is 0 Å². The second-order valence-electron chi connectivity index (χ2n) is 4.58. The van der Waals surface area contributed by atoms with Crippen molar-refractivity contribution in [3.05, 3.63) is 64.2 Å². The fraction of sp³-hybridized carbons (Fsp3) is 0.133. The van der Waals surface area contributed by atoms with Gasteiger partial charge in [0, 0.05) is 34.9 Å². The van der Waals surface area contributed by atoms with Gasteiger partial charge < -0.3 is 4.90 Å². The summed E-state index contributed by atoms with van der Waals surface area (Å²) in [5, 5.41) is 10.8. The number of para-hydroxylation sites is 1. The van der Waals surface area contributed by atoms with Crippen LogP contribution in [0.3, 0.4) is 0 Å². The number of fused-ring (bicyclic) bond motifs is 1. The van der Waals surface area contributed by atoms with E-state index in [0.717, 1.165) is 16.3 Å². The highest BCUT2D eigenvalue weighted by Crippen LogP contribution is 2.35. The van der Waals surface area contributed by atoms with Gasteiger partial charge in [0.2, 0.25) is 0 Å². The molecule has 0 saturated carbocycles. The van der Waals surface area contributed by atoms with Crippen molar-refractivity contribution in [2.75, 3.05) is 17.2 Å². The van der Waals surface area contributed by atoms with Crippen LogP contribution in [0.4, 0.5) is 11.4 Å². The Bertz CT molecular complexity index is 718. The van der Waals surface area contributed by atoms with E-state index in [2.05, 4.69) is 0 Å². The molecule has 2 aromatic rings. The summed E-state index contributed by atoms with van der Waals surface area (Å²) in [5.74, 6) is 0.615. The summed E-state index contributed by atoms with van der Waals surface area (Å²) in [6.45, 7) is 0.600. The number of benzene rings is 2. The molecule has 0 unspecified atom stereocenters. The average molecular weight is 300 g/mol. The van der Waals surface area contributed by atoms with E-state index < -0.39 is 4.92 Å². The number of anilines is 1. The van der Waals surface area contributed by atoms with Crippen molar-refractivity contribution in [3.8, 4) is 0 Å². The van der Waals surface area contributed by atoms with Gasteiger partial charge >= 0.3 is 0 Å². The Morgan fingerprint density at radius 1 is 1.19 bits per heavy atom. The molecule has 106 valence electrons. The van der Waals surface area contributed by atoms with Crippen LogP contribution >= 0.6 is 11.8 Å². The zero-order chi connectivity index (χ0) is 14.8. The molecule has 5 nitrogen and oxygen atoms in total. The predicted octanol–water partition coefficient (Wildman–Crippen LogP) is 3.35. The second kappa shape index (κ2) is 5.57. The van der Waals surface area contributed by atoms with Crippen LogP contribution in [-0.2, 0) is 0 Å². The smallest absolute Gasteiger partial charge is 0.270 e. The molecule has 1 amide bonds. The lowest BCUT2D eigenvalue weighted by molar-refractivity contribution is -0.384. The number of thioether (sulfide) groups is 1. The predicted molar refractivity (Wildman–Crippen MR) is 81.9 cm³/mol. The third-order valence-electron chi connectivity index (χ3n) is 3.28. The van der Waals surface area contributed by atoms with Crippen molar-refractivity contribution < 1.29 is 9.72 Å². The lowest BCUT2D eigenvalue weighted by Gasteiger charge is -2.28. The zero-order valence-electron chi connectivity index (χ0n) is 11.1. The van der Waals surface area contributed by atoms with Crippen molar-refractivity contribution in [1.29, 1.82) is 0 Å². The van der Waals surface area contributed by atoms with E-state index in [1.54, 1.807) is 22.7 Å². The Morgan fingerprint density at radius 2 is 2.00 bits per heavy atom. The van der Waals surface area contributed by atoms with Crippen molar-refractivity contribution in [2.45, 2.75) is 4.90 Å². The first-order valence-electron chi connectivity index (χ1n) is 6.45. The molecular weight excluding hydrogens is 288 g/mol. The van der Waals surface area contributed by atoms with Crippen LogP contribution in [0, 0.1) is 10.1 Å². The number of hydrogen-bond acceptors (Lipinski definition) is 4. The van der Waals surface area contributed by atoms with Gasteiger partial charge in [-0.15, -0.1) is 11.8 Å². The normalized spacial score (nSPS) is 13.6. The summed E-state index contributed by atoms with van der Waals surface area (Å²) in [7, 11) is 0. The molecule has 0 bridgehead atoms. The van der Waals surface area contributed by atoms with Crippen LogP contribution in [0.1, 0.15) is 10.4 Å². The number of hydrogen-bond donors (Lipinski definition) is 0. The largest absolute Gasteiger partial charge is 0.306 e. The van der Waals surface area contributed by atoms with Crippen LogP contribution in [0.5, 0.6) is 0 Å². The lowest BCUT2D eigenvalue weighted by Crippen LogP contribution is -2.35. The first-order valence-corrected chi connectivity index (χ1v) is 7.43. The van der Waals surface area contributed by atoms with Gasteiger partial charge in [-0.3, -0.25) is 14.9 Å². The third-order valence-corrected chi connectivity index (χ3v) is 4.32. The summed E-state index contributed by atoms with van der Waals surface area (Å²) in [4.78, 5) is 25.7. The highest BCUT2D eigenvalue weighted by atomic mass is 32.2. The van der Waals surface area contributed by atoms with Gasteiger partial charge in [0.25, 0.3) is 11.6 Å². The minimum atomic E-state index is -0.489. The number of non-ortho nitro benzene ring substituents is 1. The summed E-state index contributed by atoms with van der Waals surface area (Å²) in [6, 6.07) is 13.6. The average Bonchev–Trinajstić information content (AvgIpc) is 2.53. The second-order valence-corrected chi connectivity index (χ2v) is 5.72. The molecule has 1 aliphatic heterocycles. The van der Waals surface area contributed by atoms with Crippen molar-refractivity contribution >= 4 is 29.0 Å². The summed E-state index contributed by atoms with van der Waals surface area (Å²) < 4.78 is 0. The number of nitro groups is 1. The summed E-state index contributed by atoms with van der Waals surface area (Å²) in [6.07, 6.45) is 0. The number of nitrogens with zero attached hydrogens (tertiary/aromatic N) is 2. The fourth-order valence-corrected chi connectivity index (χ4v) is 3.28. The van der Waals surface area contributed by atoms with E-state index in [0.29, 0.717) is 12.1 Å². The SMILES string of the molecule is O=C(c1cccc([N+](=O)[O-])c1)N1CCSc2ccccc21. The molecule has 1 heterocycles. The van der Waals surface area contributed by atoms with Crippen LogP contribution in [0.2, 0.25) is 0 Å². The minimum Gasteiger partial charge on any atom is -0.306 e. The molecule has 0 aromatic heterocycles. The topological polar surface area (TPSA) is 63.4 Å². The van der Waals surface area contributed by atoms with Gasteiger partial charge in [-0.2, -0.15) is 0 Å². The highest BCUT2D eigenvalue weighted by Gasteiger charge is 2.24. The number of nitro benzene ring substituents is 1. The maximum Gasteiger partial charge on any atom is 0.270 e. The van der Waals surface area contributed by atoms with E-state index in [4.69, 9.17) is 0 Å². The number of amides is 1. The summed E-state index contributed by atoms with van der Waals surface area (Å²) >= 11 is 1.71. The summed E-state index contributed by atoms with van der Waals surface area (Å²) in [5.41, 5.74) is 1.14. The molecule has 3 rings (SSSR count). The van der Waals surface area contributed by atoms with Gasteiger partial charge in [0.15, 0.2) is 0 Å². The van der Waals surface area contributed by atoms with E-state index in [-0.39, 0.29) is 11.6 Å². The Kier molecular flexibility index (Phi) is 3.62. The van der Waals surface area contributed by atoms with E-state index in [1.807, 2.05) is 24.3 Å². The van der Waals surface area contributed by atoms with Crippen LogP contribution < -0.4 is 4.90 Å². The molecule has 0 atom stereocenters. The van der Waals surface area contributed by atoms with Gasteiger partial charge in [-0.25, -0.2) is 0 Å². The quantitative estimate of drug-likeness (QED) is 0.630. The Morgan fingerprint density at radius 3 is 2.81 bits per heavy atom. The maximum absolute atomic E-state index is 12.6. The lowest BCUT2D eigenvalue weighted by atomic mass is 10.1. The number of rotatable bonds is 2. The Labute approximate surface area is 125 Å². The van der Waals surface area contributed by atoms with Crippen LogP contribution in [0.15, 0.2) is 53.4 Å². The zero-order valence-corrected chi connectivity index (χ0v) is 11.9. The van der Waals surface area contributed by atoms with E-state index in [1.165, 1.54) is 18.2 Å². The highest BCUT2D eigenvalue weighted by molar-refractivity contribution is 7.99. The fourth-order valence-electron chi connectivity index (χ4n) is 2.29. The molecule has 6 heteroatoms. The first-order chi connectivity index (χ1) is 10.2. The number of carbonyl (C=O) groups excluding carboxylic acids is 1. The molecule has 2 aromatic carbocycles. The van der Waals surface area contributed by atoms with Crippen molar-refractivity contribution in [2.24, 2.45) is 0 Å². The molecule has 1 aliphatic rings. The molecule has 0 radical (unpaired) electrons. The molecular formula is C15H12N2O3S. The first kappa shape index (κ1) is 13.6. The minimum absolute atomic E-state index is 0.0690. The Hall–Kier alpha value is -2.34. The van der Waals surface area contributed by atoms with Gasteiger partial charge in [-0.05, 0) is 18.2 Å². The molecule has 0 fully saturated rings. The van der Waals surface area contributed by atoms with E-state index in [9.17, 15) is 14.9 Å². The standard InChI is InChI=1S/C15H12N2O3S/c18-15(11-4-3-5-12(10-11)17(19)20)16-8-9-21-14-7-2-1-6-13(14)16/h1-7,10H,8-9H2. The monoisotopic (exact) mass is 300 g/mol. The van der Waals surface area contributed by atoms with Crippen molar-refractivity contribution in [3.63, 3.8) is 0 Å². The number of carbonyl (C=O) groups is 1. The van der Waals surface area contributed by atoms with Crippen molar-refractivity contribution in [1.82, 2.24) is 0 Å². The maximum atomic E-state index is 12.6. The molecule has 0 spiro atoms. The van der Waals surface area contributed by atoms with Crippen LogP contribution in [-0.4, -0.2) is 23.1 Å². The van der Waals surface area contributed by atoms with E-state index >= 15 is 0 Å². The van der Waals surface area contributed by atoms with Gasteiger partial charge in [-0.1, -0.05) is 18.2 Å². The molecule has 0 N–H and O–H groups in total. The van der Waals surface area contributed by atoms with Gasteiger partial charge in [0.1, 0.15) is 0 Å². The van der Waals surface area contributed by atoms with Gasteiger partial charge in [0.05, 0.1) is 10.6 Å². The molecule has 0 aliphatic carbocycles.